The molecule has 1 aromatic heterocycles. The minimum atomic E-state index is -5.08. The first-order valence-corrected chi connectivity index (χ1v) is 12.7. The first kappa shape index (κ1) is 33.8. The number of ether oxygens (including phenoxy) is 1. The van der Waals surface area contributed by atoms with Crippen molar-refractivity contribution in [3.05, 3.63) is 59.9 Å². The van der Waals surface area contributed by atoms with Gasteiger partial charge in [-0.05, 0) is 86.6 Å². The quantitative estimate of drug-likeness (QED) is 0.455. The molecule has 0 unspecified atom stereocenters. The second kappa shape index (κ2) is 15.0. The van der Waals surface area contributed by atoms with Crippen molar-refractivity contribution in [2.24, 2.45) is 5.41 Å². The number of aromatic nitrogens is 1. The number of likely N-dealkylation sites (tertiary alicyclic amines) is 2. The molecule has 0 bridgehead atoms. The molecule has 2 fully saturated rings. The summed E-state index contributed by atoms with van der Waals surface area (Å²) in [7, 11) is 1.74. The fraction of sp³-hybridized carbons (Fsp3) is 0.519. The van der Waals surface area contributed by atoms with Gasteiger partial charge in [0, 0.05) is 25.5 Å². The Morgan fingerprint density at radius 2 is 1.27 bits per heavy atom. The minimum Gasteiger partial charge on any atom is -0.497 e. The normalized spacial score (nSPS) is 17.4. The van der Waals surface area contributed by atoms with E-state index < -0.39 is 24.3 Å². The molecule has 228 valence electrons. The summed E-state index contributed by atoms with van der Waals surface area (Å²) < 4.78 is 68.8. The maximum atomic E-state index is 10.6. The van der Waals surface area contributed by atoms with Gasteiger partial charge < -0.3 is 14.9 Å². The molecule has 2 aliphatic heterocycles. The van der Waals surface area contributed by atoms with E-state index in [1.807, 2.05) is 24.5 Å². The number of methoxy groups -OCH3 is 1. The van der Waals surface area contributed by atoms with Crippen LogP contribution < -0.4 is 4.74 Å². The third-order valence-electron chi connectivity index (χ3n) is 6.99. The fourth-order valence-electron chi connectivity index (χ4n) is 4.65. The van der Waals surface area contributed by atoms with Crippen LogP contribution in [0.5, 0.6) is 5.75 Å². The molecular formula is C27H33F6N3O5. The molecular weight excluding hydrogens is 560 g/mol. The van der Waals surface area contributed by atoms with Crippen molar-refractivity contribution < 1.29 is 50.9 Å². The van der Waals surface area contributed by atoms with Gasteiger partial charge in [-0.1, -0.05) is 18.2 Å². The van der Waals surface area contributed by atoms with Crippen LogP contribution in [0, 0.1) is 5.41 Å². The molecule has 2 aromatic rings. The van der Waals surface area contributed by atoms with E-state index in [2.05, 4.69) is 39.0 Å². The Morgan fingerprint density at radius 1 is 0.829 bits per heavy atom. The smallest absolute Gasteiger partial charge is 0.490 e. The van der Waals surface area contributed by atoms with Gasteiger partial charge in [0.1, 0.15) is 5.75 Å². The van der Waals surface area contributed by atoms with Crippen molar-refractivity contribution >= 4 is 11.9 Å². The number of pyridine rings is 1. The number of carboxylic acid groups (broad SMARTS) is 2. The summed E-state index contributed by atoms with van der Waals surface area (Å²) in [6.07, 6.45) is -0.925. The second-order valence-electron chi connectivity index (χ2n) is 9.87. The number of halogens is 6. The second-order valence-corrected chi connectivity index (χ2v) is 9.87. The van der Waals surface area contributed by atoms with Gasteiger partial charge in [0.15, 0.2) is 0 Å². The number of carbonyl (C=O) groups is 2. The molecule has 2 N–H and O–H groups in total. The topological polar surface area (TPSA) is 103 Å². The first-order valence-electron chi connectivity index (χ1n) is 12.7. The van der Waals surface area contributed by atoms with E-state index in [4.69, 9.17) is 24.5 Å². The lowest BCUT2D eigenvalue weighted by atomic mass is 9.71. The predicted octanol–water partition coefficient (Wildman–Crippen LogP) is 5.24. The Hall–Kier alpha value is -3.39. The number of alkyl halides is 6. The maximum absolute atomic E-state index is 10.6. The summed E-state index contributed by atoms with van der Waals surface area (Å²) in [5.41, 5.74) is 3.27. The van der Waals surface area contributed by atoms with E-state index in [0.29, 0.717) is 5.41 Å². The molecule has 0 atom stereocenters. The molecule has 1 spiro atoms. The lowest BCUT2D eigenvalue weighted by molar-refractivity contribution is -0.193. The van der Waals surface area contributed by atoms with Gasteiger partial charge in [-0.2, -0.15) is 26.3 Å². The highest BCUT2D eigenvalue weighted by molar-refractivity contribution is 5.73. The van der Waals surface area contributed by atoms with Crippen LogP contribution >= 0.6 is 0 Å². The van der Waals surface area contributed by atoms with E-state index >= 15 is 0 Å². The molecule has 0 saturated carbocycles. The number of hydrogen-bond acceptors (Lipinski definition) is 6. The summed E-state index contributed by atoms with van der Waals surface area (Å²) in [6, 6.07) is 12.7. The van der Waals surface area contributed by atoms with Crippen LogP contribution in [-0.2, 0) is 22.7 Å². The summed E-state index contributed by atoms with van der Waals surface area (Å²) in [6.45, 7) is 6.99. The average Bonchev–Trinajstić information content (AvgIpc) is 2.92. The van der Waals surface area contributed by atoms with Crippen molar-refractivity contribution in [3.8, 4) is 5.75 Å². The van der Waals surface area contributed by atoms with Crippen LogP contribution in [0.1, 0.15) is 36.8 Å². The van der Waals surface area contributed by atoms with Crippen LogP contribution in [0.4, 0.5) is 26.3 Å². The molecule has 0 radical (unpaired) electrons. The van der Waals surface area contributed by atoms with E-state index in [0.717, 1.165) is 18.8 Å². The van der Waals surface area contributed by atoms with Crippen molar-refractivity contribution in [1.82, 2.24) is 14.8 Å². The molecule has 8 nitrogen and oxygen atoms in total. The SMILES string of the molecule is COc1cccc(CN2CCC3(CCN(Cc4cccnc4)CC3)CC2)c1.O=C(O)C(F)(F)F.O=C(O)C(F)(F)F. The summed E-state index contributed by atoms with van der Waals surface area (Å²) >= 11 is 0. The Balaban J connectivity index is 0.000000349. The van der Waals surface area contributed by atoms with Crippen molar-refractivity contribution in [2.75, 3.05) is 33.3 Å². The molecule has 0 aliphatic carbocycles. The molecule has 0 amide bonds. The maximum Gasteiger partial charge on any atom is 0.490 e. The molecule has 41 heavy (non-hydrogen) atoms. The van der Waals surface area contributed by atoms with E-state index in [1.54, 1.807) is 7.11 Å². The third kappa shape index (κ3) is 11.9. The van der Waals surface area contributed by atoms with Crippen LogP contribution in [0.15, 0.2) is 48.8 Å². The summed E-state index contributed by atoms with van der Waals surface area (Å²) in [5, 5.41) is 14.2. The molecule has 1 aromatic carbocycles. The number of nitrogens with zero attached hydrogens (tertiary/aromatic N) is 3. The van der Waals surface area contributed by atoms with Crippen molar-refractivity contribution in [1.29, 1.82) is 0 Å². The Labute approximate surface area is 233 Å². The van der Waals surface area contributed by atoms with Gasteiger partial charge in [-0.3, -0.25) is 14.8 Å². The standard InChI is InChI=1S/C23H31N3O.2C2HF3O2/c1-27-22-6-2-4-20(16-22)18-25-12-7-23(8-13-25)9-14-26(15-10-23)19-21-5-3-11-24-17-21;2*3-2(4,5)1(6)7/h2-6,11,16-17H,7-10,12-15,18-19H2,1H3;2*(H,6,7). The molecule has 4 rings (SSSR count). The van der Waals surface area contributed by atoms with Gasteiger partial charge in [-0.15, -0.1) is 0 Å². The Morgan fingerprint density at radius 3 is 1.66 bits per heavy atom. The highest BCUT2D eigenvalue weighted by Crippen LogP contribution is 2.41. The molecule has 2 saturated heterocycles. The van der Waals surface area contributed by atoms with E-state index in [1.165, 1.54) is 63.0 Å². The zero-order valence-corrected chi connectivity index (χ0v) is 22.4. The monoisotopic (exact) mass is 593 g/mol. The number of hydrogen-bond donors (Lipinski definition) is 2. The highest BCUT2D eigenvalue weighted by Gasteiger charge is 2.39. The van der Waals surface area contributed by atoms with Gasteiger partial charge in [0.05, 0.1) is 7.11 Å². The van der Waals surface area contributed by atoms with Crippen LogP contribution in [0.3, 0.4) is 0 Å². The summed E-state index contributed by atoms with van der Waals surface area (Å²) in [5.74, 6) is -4.55. The van der Waals surface area contributed by atoms with E-state index in [9.17, 15) is 26.3 Å². The highest BCUT2D eigenvalue weighted by atomic mass is 19.4. The number of carboxylic acids is 2. The lowest BCUT2D eigenvalue weighted by Gasteiger charge is -2.47. The first-order chi connectivity index (χ1) is 19.1. The Kier molecular flexibility index (Phi) is 12.4. The van der Waals surface area contributed by atoms with Gasteiger partial charge in [0.2, 0.25) is 0 Å². The number of rotatable bonds is 5. The van der Waals surface area contributed by atoms with Crippen LogP contribution in [0.2, 0.25) is 0 Å². The number of benzene rings is 1. The zero-order chi connectivity index (χ0) is 30.7. The Bertz CT molecular complexity index is 1070. The van der Waals surface area contributed by atoms with Crippen molar-refractivity contribution in [3.63, 3.8) is 0 Å². The van der Waals surface area contributed by atoms with Gasteiger partial charge >= 0.3 is 24.3 Å². The van der Waals surface area contributed by atoms with Crippen LogP contribution in [-0.4, -0.2) is 82.6 Å². The number of aliphatic carboxylic acids is 2. The lowest BCUT2D eigenvalue weighted by Crippen LogP contribution is -2.46. The molecule has 3 heterocycles. The average molecular weight is 594 g/mol. The number of piperidine rings is 2. The molecule has 2 aliphatic rings. The van der Waals surface area contributed by atoms with Gasteiger partial charge in [-0.25, -0.2) is 9.59 Å². The van der Waals surface area contributed by atoms with Crippen LogP contribution in [0.25, 0.3) is 0 Å². The zero-order valence-electron chi connectivity index (χ0n) is 22.4. The third-order valence-corrected chi connectivity index (χ3v) is 6.99. The summed E-state index contributed by atoms with van der Waals surface area (Å²) in [4.78, 5) is 27.3. The largest absolute Gasteiger partial charge is 0.497 e. The fourth-order valence-corrected chi connectivity index (χ4v) is 4.65. The van der Waals surface area contributed by atoms with Crippen molar-refractivity contribution in [2.45, 2.75) is 51.1 Å². The molecule has 14 heteroatoms. The minimum absolute atomic E-state index is 0.580. The van der Waals surface area contributed by atoms with E-state index in [-0.39, 0.29) is 0 Å². The van der Waals surface area contributed by atoms with Gasteiger partial charge in [0.25, 0.3) is 0 Å². The predicted molar refractivity (Wildman–Crippen MR) is 136 cm³/mol.